The standard InChI is InChI=1S/C17H18F3N3O4/c1-2-22-12-5-3-4-6-13(12)23(16(22)27)9-14(24)21-7-10(15(25)26)11(8-21)17(18,19)20/h3-6,10-11H,2,7-9H2,1H3,(H,25,26)/t10-,11-/m1/s1. The zero-order valence-corrected chi connectivity index (χ0v) is 14.4. The lowest BCUT2D eigenvalue weighted by atomic mass is 9.96. The van der Waals surface area contributed by atoms with E-state index in [1.165, 1.54) is 9.13 Å². The number of carboxylic acid groups (broad SMARTS) is 1. The maximum Gasteiger partial charge on any atom is 0.394 e. The molecule has 1 N–H and O–H groups in total. The molecule has 0 unspecified atom stereocenters. The molecule has 0 saturated carbocycles. The molecule has 2 aromatic rings. The molecule has 2 atom stereocenters. The number of fused-ring (bicyclic) bond motifs is 1. The van der Waals surface area contributed by atoms with Gasteiger partial charge in [0.25, 0.3) is 0 Å². The van der Waals surface area contributed by atoms with Crippen LogP contribution in [0.25, 0.3) is 11.0 Å². The van der Waals surface area contributed by atoms with Crippen LogP contribution in [0.5, 0.6) is 0 Å². The fourth-order valence-corrected chi connectivity index (χ4v) is 3.56. The molecule has 10 heteroatoms. The number of nitrogens with zero attached hydrogens (tertiary/aromatic N) is 3. The van der Waals surface area contributed by atoms with Gasteiger partial charge in [0.2, 0.25) is 5.91 Å². The van der Waals surface area contributed by atoms with Crippen molar-refractivity contribution in [3.63, 3.8) is 0 Å². The highest BCUT2D eigenvalue weighted by molar-refractivity contribution is 5.82. The van der Waals surface area contributed by atoms with Crippen molar-refractivity contribution in [1.29, 1.82) is 0 Å². The van der Waals surface area contributed by atoms with E-state index in [2.05, 4.69) is 0 Å². The van der Waals surface area contributed by atoms with Gasteiger partial charge in [-0.25, -0.2) is 4.79 Å². The number of hydrogen-bond acceptors (Lipinski definition) is 3. The Hall–Kier alpha value is -2.78. The number of aryl methyl sites for hydroxylation is 1. The van der Waals surface area contributed by atoms with Gasteiger partial charge in [-0.1, -0.05) is 12.1 Å². The summed E-state index contributed by atoms with van der Waals surface area (Å²) in [6.07, 6.45) is -4.72. The van der Waals surface area contributed by atoms with E-state index in [4.69, 9.17) is 5.11 Å². The number of hydrogen-bond donors (Lipinski definition) is 1. The molecular weight excluding hydrogens is 367 g/mol. The number of carboxylic acids is 1. The van der Waals surface area contributed by atoms with Gasteiger partial charge >= 0.3 is 17.8 Å². The van der Waals surface area contributed by atoms with Crippen LogP contribution in [0.2, 0.25) is 0 Å². The Kier molecular flexibility index (Phi) is 4.75. The van der Waals surface area contributed by atoms with E-state index >= 15 is 0 Å². The summed E-state index contributed by atoms with van der Waals surface area (Å²) in [7, 11) is 0. The molecule has 27 heavy (non-hydrogen) atoms. The van der Waals surface area contributed by atoms with Crippen LogP contribution in [0.1, 0.15) is 6.92 Å². The topological polar surface area (TPSA) is 84.5 Å². The summed E-state index contributed by atoms with van der Waals surface area (Å²) in [6.45, 7) is 0.455. The van der Waals surface area contributed by atoms with E-state index in [0.29, 0.717) is 17.6 Å². The summed E-state index contributed by atoms with van der Waals surface area (Å²) < 4.78 is 42.0. The van der Waals surface area contributed by atoms with Crippen molar-refractivity contribution in [3.8, 4) is 0 Å². The predicted octanol–water partition coefficient (Wildman–Crippen LogP) is 1.54. The monoisotopic (exact) mass is 385 g/mol. The lowest BCUT2D eigenvalue weighted by Crippen LogP contribution is -2.36. The van der Waals surface area contributed by atoms with Crippen LogP contribution in [0.3, 0.4) is 0 Å². The number of amides is 1. The number of likely N-dealkylation sites (tertiary alicyclic amines) is 1. The van der Waals surface area contributed by atoms with E-state index in [1.807, 2.05) is 0 Å². The number of para-hydroxylation sites is 2. The number of benzene rings is 1. The summed E-state index contributed by atoms with van der Waals surface area (Å²) in [6, 6.07) is 6.81. The zero-order chi connectivity index (χ0) is 19.9. The molecule has 7 nitrogen and oxygen atoms in total. The minimum Gasteiger partial charge on any atom is -0.481 e. The van der Waals surface area contributed by atoms with Crippen LogP contribution in [0, 0.1) is 11.8 Å². The van der Waals surface area contributed by atoms with Crippen molar-refractivity contribution in [2.75, 3.05) is 13.1 Å². The smallest absolute Gasteiger partial charge is 0.394 e. The Morgan fingerprint density at radius 3 is 2.22 bits per heavy atom. The summed E-state index contributed by atoms with van der Waals surface area (Å²) in [5.41, 5.74) is 0.684. The van der Waals surface area contributed by atoms with E-state index < -0.39 is 55.2 Å². The number of alkyl halides is 3. The molecule has 2 heterocycles. The number of aliphatic carboxylic acids is 1. The highest BCUT2D eigenvalue weighted by Crippen LogP contribution is 2.37. The molecule has 1 fully saturated rings. The average Bonchev–Trinajstić information content (AvgIpc) is 3.16. The van der Waals surface area contributed by atoms with E-state index in [9.17, 15) is 27.6 Å². The van der Waals surface area contributed by atoms with Gasteiger partial charge in [0.05, 0.1) is 22.9 Å². The van der Waals surface area contributed by atoms with E-state index in [-0.39, 0.29) is 0 Å². The lowest BCUT2D eigenvalue weighted by molar-refractivity contribution is -0.188. The lowest BCUT2D eigenvalue weighted by Gasteiger charge is -2.18. The summed E-state index contributed by atoms with van der Waals surface area (Å²) in [5, 5.41) is 9.06. The predicted molar refractivity (Wildman–Crippen MR) is 89.1 cm³/mol. The molecule has 1 amide bonds. The molecular formula is C17H18F3N3O4. The molecule has 0 aliphatic carbocycles. The quantitative estimate of drug-likeness (QED) is 0.866. The van der Waals surface area contributed by atoms with Crippen LogP contribution in [-0.2, 0) is 22.7 Å². The first-order valence-corrected chi connectivity index (χ1v) is 8.40. The number of carbonyl (C=O) groups excluding carboxylic acids is 1. The van der Waals surface area contributed by atoms with Gasteiger partial charge in [-0.2, -0.15) is 13.2 Å². The summed E-state index contributed by atoms with van der Waals surface area (Å²) >= 11 is 0. The zero-order valence-electron chi connectivity index (χ0n) is 14.4. The van der Waals surface area contributed by atoms with Gasteiger partial charge in [0.15, 0.2) is 0 Å². The molecule has 0 radical (unpaired) electrons. The average molecular weight is 385 g/mol. The fraction of sp³-hybridized carbons (Fsp3) is 0.471. The van der Waals surface area contributed by atoms with Crippen LogP contribution >= 0.6 is 0 Å². The van der Waals surface area contributed by atoms with Crippen molar-refractivity contribution < 1.29 is 27.9 Å². The second-order valence-corrected chi connectivity index (χ2v) is 6.49. The third-order valence-electron chi connectivity index (χ3n) is 4.94. The first-order chi connectivity index (χ1) is 12.6. The van der Waals surface area contributed by atoms with Crippen molar-refractivity contribution in [2.45, 2.75) is 26.2 Å². The Labute approximate surface area is 151 Å². The Morgan fingerprint density at radius 1 is 1.15 bits per heavy atom. The van der Waals surface area contributed by atoms with Crippen LogP contribution < -0.4 is 5.69 Å². The van der Waals surface area contributed by atoms with Crippen molar-refractivity contribution in [3.05, 3.63) is 34.7 Å². The van der Waals surface area contributed by atoms with Gasteiger partial charge < -0.3 is 10.0 Å². The molecule has 3 rings (SSSR count). The molecule has 1 aliphatic heterocycles. The van der Waals surface area contributed by atoms with E-state index in [0.717, 1.165) is 4.90 Å². The molecule has 1 saturated heterocycles. The van der Waals surface area contributed by atoms with Gasteiger partial charge in [0, 0.05) is 19.6 Å². The molecule has 0 spiro atoms. The van der Waals surface area contributed by atoms with Crippen LogP contribution in [0.4, 0.5) is 13.2 Å². The Balaban J connectivity index is 1.89. The number of carbonyl (C=O) groups is 2. The largest absolute Gasteiger partial charge is 0.481 e. The normalized spacial score (nSPS) is 20.4. The van der Waals surface area contributed by atoms with Gasteiger partial charge in [-0.15, -0.1) is 0 Å². The van der Waals surface area contributed by atoms with Crippen molar-refractivity contribution >= 4 is 22.9 Å². The third kappa shape index (κ3) is 3.31. The van der Waals surface area contributed by atoms with Gasteiger partial charge in [0.1, 0.15) is 6.54 Å². The second-order valence-electron chi connectivity index (χ2n) is 6.49. The highest BCUT2D eigenvalue weighted by Gasteiger charge is 2.53. The summed E-state index contributed by atoms with van der Waals surface area (Å²) in [4.78, 5) is 37.1. The minimum atomic E-state index is -4.72. The van der Waals surface area contributed by atoms with E-state index in [1.54, 1.807) is 31.2 Å². The fourth-order valence-electron chi connectivity index (χ4n) is 3.56. The molecule has 1 aliphatic rings. The highest BCUT2D eigenvalue weighted by atomic mass is 19.4. The summed E-state index contributed by atoms with van der Waals surface area (Å²) in [5.74, 6) is -6.13. The van der Waals surface area contributed by atoms with Crippen LogP contribution in [0.15, 0.2) is 29.1 Å². The van der Waals surface area contributed by atoms with Gasteiger partial charge in [-0.05, 0) is 19.1 Å². The number of imidazole rings is 1. The number of halogens is 3. The SMILES string of the molecule is CCn1c(=O)n(CC(=O)N2C[C@@H](C(F)(F)F)[C@H](C(=O)O)C2)c2ccccc21. The maximum atomic E-state index is 13.1. The molecule has 1 aromatic carbocycles. The molecule has 1 aromatic heterocycles. The third-order valence-corrected chi connectivity index (χ3v) is 4.94. The molecule has 146 valence electrons. The Morgan fingerprint density at radius 2 is 1.74 bits per heavy atom. The number of aromatic nitrogens is 2. The number of rotatable bonds is 4. The van der Waals surface area contributed by atoms with Crippen molar-refractivity contribution in [2.24, 2.45) is 11.8 Å². The van der Waals surface area contributed by atoms with Gasteiger partial charge in [-0.3, -0.25) is 18.7 Å². The minimum absolute atomic E-state index is 0.376. The maximum absolute atomic E-state index is 13.1. The second kappa shape index (κ2) is 6.75. The Bertz CT molecular complexity index is 947. The first kappa shape index (κ1) is 19.0. The van der Waals surface area contributed by atoms with Crippen LogP contribution in [-0.4, -0.2) is 50.3 Å². The first-order valence-electron chi connectivity index (χ1n) is 8.40. The van der Waals surface area contributed by atoms with Crippen molar-refractivity contribution in [1.82, 2.24) is 14.0 Å². The molecule has 0 bridgehead atoms.